The van der Waals surface area contributed by atoms with Crippen LogP contribution in [0.25, 0.3) is 22.2 Å². The minimum Gasteiger partial charge on any atom is -0.444 e. The highest BCUT2D eigenvalue weighted by Gasteiger charge is 2.39. The number of aromatic nitrogens is 3. The van der Waals surface area contributed by atoms with Crippen molar-refractivity contribution < 1.29 is 14.3 Å². The maximum Gasteiger partial charge on any atom is 0.410 e. The molecule has 6 rings (SSSR count). The van der Waals surface area contributed by atoms with Crippen molar-refractivity contribution in [2.24, 2.45) is 17.6 Å². The molecule has 40 heavy (non-hydrogen) atoms. The Bertz CT molecular complexity index is 1640. The van der Waals surface area contributed by atoms with Gasteiger partial charge in [-0.25, -0.2) is 9.48 Å². The van der Waals surface area contributed by atoms with Gasteiger partial charge in [0.05, 0.1) is 5.69 Å². The average Bonchev–Trinajstić information content (AvgIpc) is 3.66. The van der Waals surface area contributed by atoms with E-state index < -0.39 is 11.5 Å². The third kappa shape index (κ3) is 5.01. The van der Waals surface area contributed by atoms with E-state index >= 15 is 0 Å². The van der Waals surface area contributed by atoms with Gasteiger partial charge in [0, 0.05) is 42.4 Å². The number of fused-ring (bicyclic) bond motifs is 2. The first kappa shape index (κ1) is 25.9. The zero-order valence-corrected chi connectivity index (χ0v) is 23.4. The Kier molecular flexibility index (Phi) is 6.28. The van der Waals surface area contributed by atoms with E-state index in [9.17, 15) is 9.59 Å². The molecule has 1 aliphatic carbocycles. The molecule has 1 fully saturated rings. The number of carbonyl (C=O) groups excluding carboxylic acids is 2. The van der Waals surface area contributed by atoms with Gasteiger partial charge in [-0.3, -0.25) is 4.79 Å². The highest BCUT2D eigenvalue weighted by atomic mass is 16.6. The van der Waals surface area contributed by atoms with Crippen LogP contribution in [0.15, 0.2) is 66.9 Å². The summed E-state index contributed by atoms with van der Waals surface area (Å²) in [7, 11) is 0. The van der Waals surface area contributed by atoms with Crippen LogP contribution >= 0.6 is 0 Å². The second-order valence-corrected chi connectivity index (χ2v) is 12.0. The first-order valence-corrected chi connectivity index (χ1v) is 13.8. The van der Waals surface area contributed by atoms with Crippen LogP contribution in [0.5, 0.6) is 0 Å². The van der Waals surface area contributed by atoms with Crippen molar-refractivity contribution in [3.05, 3.63) is 89.4 Å². The molecule has 2 aliphatic rings. The van der Waals surface area contributed by atoms with E-state index in [1.165, 1.54) is 16.7 Å². The number of amides is 2. The van der Waals surface area contributed by atoms with Gasteiger partial charge in [-0.15, -0.1) is 0 Å². The number of likely N-dealkylation sites (tertiary alicyclic amines) is 1. The van der Waals surface area contributed by atoms with Crippen LogP contribution in [0.3, 0.4) is 0 Å². The molecule has 2 N–H and O–H groups in total. The van der Waals surface area contributed by atoms with E-state index in [0.29, 0.717) is 11.8 Å². The van der Waals surface area contributed by atoms with Crippen molar-refractivity contribution in [1.29, 1.82) is 0 Å². The maximum atomic E-state index is 12.5. The summed E-state index contributed by atoms with van der Waals surface area (Å²) < 4.78 is 9.55. The van der Waals surface area contributed by atoms with Gasteiger partial charge in [0.1, 0.15) is 5.60 Å². The van der Waals surface area contributed by atoms with Crippen molar-refractivity contribution in [1.82, 2.24) is 19.2 Å². The van der Waals surface area contributed by atoms with E-state index in [4.69, 9.17) is 10.5 Å². The zero-order valence-electron chi connectivity index (χ0n) is 23.4. The van der Waals surface area contributed by atoms with Gasteiger partial charge in [-0.1, -0.05) is 30.3 Å². The molecule has 2 atom stereocenters. The van der Waals surface area contributed by atoms with E-state index in [2.05, 4.69) is 64.4 Å². The Labute approximate surface area is 234 Å². The van der Waals surface area contributed by atoms with Crippen molar-refractivity contribution in [2.45, 2.75) is 46.3 Å². The molecule has 2 unspecified atom stereocenters. The standard InChI is InChI=1S/C32H35N5O3/c1-20-13-28(30(33)38)34-37(20)27-9-10-29-23(16-27)11-12-35(29)17-21-5-7-22(8-6-21)24-14-25-18-36(19-26(25)15-24)31(39)40-32(2,3)4/h5-14,16,25-26H,15,17-19H2,1-4H3,(H2,33,38). The molecule has 2 aromatic carbocycles. The molecule has 2 aromatic heterocycles. The number of benzene rings is 2. The number of allylic oxidation sites excluding steroid dienone is 1. The summed E-state index contributed by atoms with van der Waals surface area (Å²) in [6.45, 7) is 9.89. The fourth-order valence-electron chi connectivity index (χ4n) is 5.93. The van der Waals surface area contributed by atoms with Crippen molar-refractivity contribution in [3.8, 4) is 5.69 Å². The van der Waals surface area contributed by atoms with Crippen LogP contribution in [0.2, 0.25) is 0 Å². The summed E-state index contributed by atoms with van der Waals surface area (Å²) in [6.07, 6.45) is 5.24. The summed E-state index contributed by atoms with van der Waals surface area (Å²) in [5.74, 6) is 0.328. The van der Waals surface area contributed by atoms with Crippen LogP contribution in [0.1, 0.15) is 54.5 Å². The molecule has 0 saturated carbocycles. The summed E-state index contributed by atoms with van der Waals surface area (Å²) in [5.41, 5.74) is 11.9. The lowest BCUT2D eigenvalue weighted by Gasteiger charge is -2.24. The Morgan fingerprint density at radius 1 is 1.05 bits per heavy atom. The first-order chi connectivity index (χ1) is 19.0. The summed E-state index contributed by atoms with van der Waals surface area (Å²) in [6, 6.07) is 18.8. The Balaban J connectivity index is 1.13. The molecular formula is C32H35N5O3. The number of hydrogen-bond acceptors (Lipinski definition) is 4. The summed E-state index contributed by atoms with van der Waals surface area (Å²) >= 11 is 0. The topological polar surface area (TPSA) is 95.4 Å². The normalized spacial score (nSPS) is 18.7. The number of nitrogens with two attached hydrogens (primary N) is 1. The third-order valence-corrected chi connectivity index (χ3v) is 7.86. The molecule has 1 aliphatic heterocycles. The minimum atomic E-state index is -0.531. The first-order valence-electron chi connectivity index (χ1n) is 13.8. The molecule has 206 valence electrons. The number of rotatable bonds is 5. The molecule has 3 heterocycles. The fraction of sp³-hybridized carbons (Fsp3) is 0.344. The van der Waals surface area contributed by atoms with Crippen LogP contribution in [-0.2, 0) is 11.3 Å². The highest BCUT2D eigenvalue weighted by Crippen LogP contribution is 2.41. The lowest BCUT2D eigenvalue weighted by atomic mass is 9.98. The number of primary amides is 1. The van der Waals surface area contributed by atoms with Gasteiger partial charge in [-0.05, 0) is 93.0 Å². The predicted molar refractivity (Wildman–Crippen MR) is 155 cm³/mol. The quantitative estimate of drug-likeness (QED) is 0.361. The van der Waals surface area contributed by atoms with Crippen molar-refractivity contribution >= 4 is 28.5 Å². The number of nitrogens with zero attached hydrogens (tertiary/aromatic N) is 4. The smallest absolute Gasteiger partial charge is 0.410 e. The number of aryl methyl sites for hydroxylation is 1. The lowest BCUT2D eigenvalue weighted by molar-refractivity contribution is 0.0285. The molecule has 8 heteroatoms. The molecule has 8 nitrogen and oxygen atoms in total. The fourth-order valence-corrected chi connectivity index (χ4v) is 5.93. The Morgan fingerprint density at radius 2 is 1.82 bits per heavy atom. The molecule has 0 bridgehead atoms. The highest BCUT2D eigenvalue weighted by molar-refractivity contribution is 5.91. The van der Waals surface area contributed by atoms with Gasteiger partial charge in [-0.2, -0.15) is 5.10 Å². The zero-order chi connectivity index (χ0) is 28.2. The summed E-state index contributed by atoms with van der Waals surface area (Å²) in [4.78, 5) is 25.9. The van der Waals surface area contributed by atoms with Gasteiger partial charge in [0.2, 0.25) is 0 Å². The Hall–Kier alpha value is -4.33. The van der Waals surface area contributed by atoms with Gasteiger partial charge < -0.3 is 19.9 Å². The molecule has 2 amide bonds. The van der Waals surface area contributed by atoms with E-state index in [0.717, 1.165) is 48.3 Å². The maximum absolute atomic E-state index is 12.5. The van der Waals surface area contributed by atoms with Crippen molar-refractivity contribution in [3.63, 3.8) is 0 Å². The largest absolute Gasteiger partial charge is 0.444 e. The third-order valence-electron chi connectivity index (χ3n) is 7.86. The second-order valence-electron chi connectivity index (χ2n) is 12.0. The van der Waals surface area contributed by atoms with Crippen LogP contribution in [0, 0.1) is 18.8 Å². The van der Waals surface area contributed by atoms with E-state index in [-0.39, 0.29) is 11.8 Å². The van der Waals surface area contributed by atoms with Gasteiger partial charge >= 0.3 is 6.09 Å². The SMILES string of the molecule is Cc1cc(C(N)=O)nn1-c1ccc2c(ccn2Cc2ccc(C3=CC4CN(C(=O)OC(C)(C)C)CC4C3)cc2)c1. The van der Waals surface area contributed by atoms with E-state index in [1.807, 2.05) is 38.7 Å². The Morgan fingerprint density at radius 3 is 2.50 bits per heavy atom. The number of carbonyl (C=O) groups is 2. The molecular weight excluding hydrogens is 502 g/mol. The molecule has 1 saturated heterocycles. The lowest BCUT2D eigenvalue weighted by Crippen LogP contribution is -2.35. The predicted octanol–water partition coefficient (Wildman–Crippen LogP) is 5.55. The van der Waals surface area contributed by atoms with E-state index in [1.54, 1.807) is 10.7 Å². The van der Waals surface area contributed by atoms with Gasteiger partial charge in [0.15, 0.2) is 5.69 Å². The minimum absolute atomic E-state index is 0.205. The molecule has 0 radical (unpaired) electrons. The van der Waals surface area contributed by atoms with Crippen LogP contribution in [0.4, 0.5) is 4.79 Å². The van der Waals surface area contributed by atoms with Gasteiger partial charge in [0.25, 0.3) is 5.91 Å². The molecule has 0 spiro atoms. The summed E-state index contributed by atoms with van der Waals surface area (Å²) in [5, 5.41) is 5.46. The van der Waals surface area contributed by atoms with Crippen molar-refractivity contribution in [2.75, 3.05) is 13.1 Å². The number of ether oxygens (including phenoxy) is 1. The number of hydrogen-bond donors (Lipinski definition) is 1. The average molecular weight is 538 g/mol. The second kappa shape index (κ2) is 9.70. The monoisotopic (exact) mass is 537 g/mol. The van der Waals surface area contributed by atoms with Crippen LogP contribution in [-0.4, -0.2) is 49.9 Å². The molecule has 4 aromatic rings. The van der Waals surface area contributed by atoms with Crippen LogP contribution < -0.4 is 5.73 Å².